The number of nitriles is 1. The number of ether oxygens (including phenoxy) is 1. The minimum Gasteiger partial charge on any atom is -0.434 e. The number of hydrogen-bond donors (Lipinski definition) is 0. The molecular formula is C11H11N5O. The van der Waals surface area contributed by atoms with E-state index in [4.69, 9.17) is 10.00 Å². The van der Waals surface area contributed by atoms with Crippen LogP contribution in [0.25, 0.3) is 0 Å². The largest absolute Gasteiger partial charge is 0.434 e. The van der Waals surface area contributed by atoms with Crippen molar-refractivity contribution in [3.05, 3.63) is 29.5 Å². The van der Waals surface area contributed by atoms with Gasteiger partial charge in [0, 0.05) is 7.05 Å². The van der Waals surface area contributed by atoms with Gasteiger partial charge in [-0.1, -0.05) is 0 Å². The van der Waals surface area contributed by atoms with E-state index in [1.54, 1.807) is 4.68 Å². The van der Waals surface area contributed by atoms with Gasteiger partial charge in [-0.3, -0.25) is 4.68 Å². The molecular weight excluding hydrogens is 218 g/mol. The Hall–Kier alpha value is -2.42. The third-order valence-electron chi connectivity index (χ3n) is 2.39. The first kappa shape index (κ1) is 11.1. The summed E-state index contributed by atoms with van der Waals surface area (Å²) >= 11 is 0. The van der Waals surface area contributed by atoms with Crippen molar-refractivity contribution in [2.75, 3.05) is 0 Å². The first-order chi connectivity index (χ1) is 8.11. The van der Waals surface area contributed by atoms with Gasteiger partial charge in [-0.05, 0) is 13.8 Å². The summed E-state index contributed by atoms with van der Waals surface area (Å²) in [5, 5.41) is 12.8. The highest BCUT2D eigenvalue weighted by atomic mass is 16.5. The van der Waals surface area contributed by atoms with Crippen molar-refractivity contribution in [2.24, 2.45) is 7.05 Å². The van der Waals surface area contributed by atoms with Crippen molar-refractivity contribution in [1.82, 2.24) is 19.7 Å². The zero-order valence-corrected chi connectivity index (χ0v) is 9.80. The fourth-order valence-electron chi connectivity index (χ4n) is 1.43. The molecule has 0 aliphatic heterocycles. The second-order valence-corrected chi connectivity index (χ2v) is 3.58. The fourth-order valence-corrected chi connectivity index (χ4v) is 1.43. The van der Waals surface area contributed by atoms with Gasteiger partial charge in [0.05, 0.1) is 18.1 Å². The summed E-state index contributed by atoms with van der Waals surface area (Å²) in [5.41, 5.74) is 1.96. The van der Waals surface area contributed by atoms with Crippen molar-refractivity contribution in [2.45, 2.75) is 13.8 Å². The van der Waals surface area contributed by atoms with E-state index in [0.29, 0.717) is 11.6 Å². The van der Waals surface area contributed by atoms with Gasteiger partial charge >= 0.3 is 0 Å². The molecule has 17 heavy (non-hydrogen) atoms. The van der Waals surface area contributed by atoms with Gasteiger partial charge in [0.1, 0.15) is 11.8 Å². The highest BCUT2D eigenvalue weighted by molar-refractivity contribution is 5.35. The summed E-state index contributed by atoms with van der Waals surface area (Å²) in [7, 11) is 1.85. The molecule has 0 spiro atoms. The summed E-state index contributed by atoms with van der Waals surface area (Å²) in [6, 6.07) is 1.90. The molecule has 0 amide bonds. The monoisotopic (exact) mass is 229 g/mol. The minimum atomic E-state index is 0.261. The van der Waals surface area contributed by atoms with Crippen molar-refractivity contribution in [3.63, 3.8) is 0 Å². The molecule has 86 valence electrons. The van der Waals surface area contributed by atoms with Crippen LogP contribution in [0.15, 0.2) is 12.4 Å². The molecule has 0 unspecified atom stereocenters. The highest BCUT2D eigenvalue weighted by Gasteiger charge is 2.12. The van der Waals surface area contributed by atoms with E-state index in [-0.39, 0.29) is 5.69 Å². The molecule has 0 aliphatic carbocycles. The van der Waals surface area contributed by atoms with Crippen LogP contribution in [0.3, 0.4) is 0 Å². The summed E-state index contributed by atoms with van der Waals surface area (Å²) in [6.45, 7) is 3.77. The minimum absolute atomic E-state index is 0.261. The Balaban J connectivity index is 2.29. The van der Waals surface area contributed by atoms with Gasteiger partial charge in [-0.2, -0.15) is 10.4 Å². The molecule has 0 atom stereocenters. The van der Waals surface area contributed by atoms with Crippen molar-refractivity contribution in [1.29, 1.82) is 5.26 Å². The third-order valence-corrected chi connectivity index (χ3v) is 2.39. The van der Waals surface area contributed by atoms with Crippen LogP contribution < -0.4 is 4.74 Å². The van der Waals surface area contributed by atoms with Crippen LogP contribution >= 0.6 is 0 Å². The van der Waals surface area contributed by atoms with E-state index < -0.39 is 0 Å². The Bertz CT molecular complexity index is 579. The number of hydrogen-bond acceptors (Lipinski definition) is 5. The molecule has 2 aromatic rings. The van der Waals surface area contributed by atoms with Crippen LogP contribution in [-0.2, 0) is 7.05 Å². The highest BCUT2D eigenvalue weighted by Crippen LogP contribution is 2.26. The van der Waals surface area contributed by atoms with Crippen LogP contribution in [0, 0.1) is 25.2 Å². The predicted octanol–water partition coefficient (Wildman–Crippen LogP) is 1.49. The normalized spacial score (nSPS) is 10.0. The first-order valence-electron chi connectivity index (χ1n) is 5.02. The molecule has 0 fully saturated rings. The molecule has 6 nitrogen and oxygen atoms in total. The Morgan fingerprint density at radius 1 is 1.29 bits per heavy atom. The summed E-state index contributed by atoms with van der Waals surface area (Å²) in [6.07, 6.45) is 2.79. The third kappa shape index (κ3) is 2.08. The first-order valence-corrected chi connectivity index (χ1v) is 5.02. The van der Waals surface area contributed by atoms with Crippen molar-refractivity contribution < 1.29 is 4.74 Å². The number of nitrogens with zero attached hydrogens (tertiary/aromatic N) is 5. The molecule has 0 bridgehead atoms. The SMILES string of the molecule is Cc1nn(C)c(C)c1Oc1cnc(C#N)cn1. The van der Waals surface area contributed by atoms with E-state index >= 15 is 0 Å². The smallest absolute Gasteiger partial charge is 0.238 e. The molecule has 0 aliphatic rings. The molecule has 0 aromatic carbocycles. The molecule has 2 rings (SSSR count). The van der Waals surface area contributed by atoms with Gasteiger partial charge < -0.3 is 4.74 Å². The maximum absolute atomic E-state index is 8.60. The molecule has 0 saturated heterocycles. The second kappa shape index (κ2) is 4.22. The Morgan fingerprint density at radius 2 is 2.06 bits per heavy atom. The summed E-state index contributed by atoms with van der Waals surface area (Å²) in [4.78, 5) is 7.88. The lowest BCUT2D eigenvalue weighted by Crippen LogP contribution is -1.94. The predicted molar refractivity (Wildman–Crippen MR) is 59.5 cm³/mol. The molecule has 6 heteroatoms. The van der Waals surface area contributed by atoms with Crippen LogP contribution in [0.5, 0.6) is 11.6 Å². The average Bonchev–Trinajstić information content (AvgIpc) is 2.57. The zero-order chi connectivity index (χ0) is 12.4. The van der Waals surface area contributed by atoms with E-state index in [2.05, 4.69) is 15.1 Å². The van der Waals surface area contributed by atoms with Gasteiger partial charge in [0.15, 0.2) is 11.4 Å². The van der Waals surface area contributed by atoms with Gasteiger partial charge in [-0.25, -0.2) is 9.97 Å². The molecule has 0 radical (unpaired) electrons. The maximum Gasteiger partial charge on any atom is 0.238 e. The van der Waals surface area contributed by atoms with Gasteiger partial charge in [0.25, 0.3) is 0 Å². The molecule has 2 aromatic heterocycles. The fraction of sp³-hybridized carbons (Fsp3) is 0.273. The van der Waals surface area contributed by atoms with Gasteiger partial charge in [0.2, 0.25) is 5.88 Å². The van der Waals surface area contributed by atoms with Crippen LogP contribution in [0.4, 0.5) is 0 Å². The zero-order valence-electron chi connectivity index (χ0n) is 9.80. The van der Waals surface area contributed by atoms with Crippen LogP contribution in [0.1, 0.15) is 17.1 Å². The Labute approximate surface area is 98.5 Å². The van der Waals surface area contributed by atoms with Crippen molar-refractivity contribution >= 4 is 0 Å². The van der Waals surface area contributed by atoms with Gasteiger partial charge in [-0.15, -0.1) is 0 Å². The lowest BCUT2D eigenvalue weighted by molar-refractivity contribution is 0.452. The quantitative estimate of drug-likeness (QED) is 0.779. The number of rotatable bonds is 2. The van der Waals surface area contributed by atoms with Crippen LogP contribution in [-0.4, -0.2) is 19.7 Å². The average molecular weight is 229 g/mol. The van der Waals surface area contributed by atoms with E-state index in [0.717, 1.165) is 11.4 Å². The topological polar surface area (TPSA) is 76.6 Å². The van der Waals surface area contributed by atoms with Crippen molar-refractivity contribution in [3.8, 4) is 17.7 Å². The summed E-state index contributed by atoms with van der Waals surface area (Å²) in [5.74, 6) is 1.02. The summed E-state index contributed by atoms with van der Waals surface area (Å²) < 4.78 is 7.33. The Kier molecular flexibility index (Phi) is 2.75. The Morgan fingerprint density at radius 3 is 2.53 bits per heavy atom. The second-order valence-electron chi connectivity index (χ2n) is 3.58. The van der Waals surface area contributed by atoms with E-state index in [1.807, 2.05) is 27.0 Å². The molecule has 2 heterocycles. The maximum atomic E-state index is 8.60. The van der Waals surface area contributed by atoms with E-state index in [9.17, 15) is 0 Å². The van der Waals surface area contributed by atoms with E-state index in [1.165, 1.54) is 12.4 Å². The lowest BCUT2D eigenvalue weighted by atomic mass is 10.3. The number of aryl methyl sites for hydroxylation is 2. The van der Waals surface area contributed by atoms with Crippen LogP contribution in [0.2, 0.25) is 0 Å². The molecule has 0 saturated carbocycles. The molecule has 0 N–H and O–H groups in total. The lowest BCUT2D eigenvalue weighted by Gasteiger charge is -2.03. The standard InChI is InChI=1S/C11H11N5O/c1-7-11(8(2)16(3)15-7)17-10-6-13-9(4-12)5-14-10/h5-6H,1-3H3. The number of aromatic nitrogens is 4.